The maximum absolute atomic E-state index is 13.4. The molecule has 236 valence electrons. The molecule has 0 radical (unpaired) electrons. The standard InChI is InChI=1S/C36H48N4O4/c1-34(2)32(35(3,4)33(34)44-29-12-9-25(20-37)30(19-29)43-5)38-31(42)24-7-10-26(11-8-24)40-21-27(22-40)39-18-6-15-36(23-39)16-13-28(41)14-17-36/h7-12,19,27-28,32-33,41H,6,13-18,21-23H2,1-5H3,(H,38,42). The summed E-state index contributed by atoms with van der Waals surface area (Å²) >= 11 is 0. The molecule has 0 bridgehead atoms. The Morgan fingerprint density at radius 3 is 2.34 bits per heavy atom. The zero-order valence-electron chi connectivity index (χ0n) is 26.9. The van der Waals surface area contributed by atoms with E-state index in [1.165, 1.54) is 44.5 Å². The van der Waals surface area contributed by atoms with Gasteiger partial charge in [0.2, 0.25) is 0 Å². The molecule has 8 heteroatoms. The second kappa shape index (κ2) is 11.6. The van der Waals surface area contributed by atoms with Crippen LogP contribution in [0, 0.1) is 27.6 Å². The van der Waals surface area contributed by atoms with Crippen LogP contribution in [0.2, 0.25) is 0 Å². The monoisotopic (exact) mass is 600 g/mol. The quantitative estimate of drug-likeness (QED) is 0.440. The molecule has 8 nitrogen and oxygen atoms in total. The van der Waals surface area contributed by atoms with Gasteiger partial charge in [0.15, 0.2) is 0 Å². The van der Waals surface area contributed by atoms with E-state index in [-0.39, 0.29) is 35.0 Å². The molecule has 0 aromatic heterocycles. The molecule has 1 spiro atoms. The van der Waals surface area contributed by atoms with E-state index in [1.807, 2.05) is 12.1 Å². The number of ether oxygens (including phenoxy) is 2. The van der Waals surface area contributed by atoms with E-state index in [0.717, 1.165) is 25.9 Å². The highest BCUT2D eigenvalue weighted by atomic mass is 16.5. The van der Waals surface area contributed by atoms with E-state index in [4.69, 9.17) is 9.47 Å². The van der Waals surface area contributed by atoms with Crippen molar-refractivity contribution >= 4 is 11.6 Å². The molecular weight excluding hydrogens is 552 g/mol. The number of likely N-dealkylation sites (tertiary alicyclic amines) is 1. The van der Waals surface area contributed by atoms with Crippen molar-refractivity contribution in [2.45, 2.75) is 90.5 Å². The molecular formula is C36H48N4O4. The van der Waals surface area contributed by atoms with Gasteiger partial charge in [0.25, 0.3) is 5.91 Å². The second-order valence-corrected chi connectivity index (χ2v) is 14.9. The Kier molecular flexibility index (Phi) is 8.09. The first-order chi connectivity index (χ1) is 21.0. The molecule has 2 saturated heterocycles. The van der Waals surface area contributed by atoms with Crippen molar-refractivity contribution < 1.29 is 19.4 Å². The first kappa shape index (κ1) is 30.7. The molecule has 6 rings (SSSR count). The highest BCUT2D eigenvalue weighted by molar-refractivity contribution is 5.95. The smallest absolute Gasteiger partial charge is 0.251 e. The van der Waals surface area contributed by atoms with Crippen LogP contribution in [0.1, 0.15) is 82.1 Å². The number of anilines is 1. The van der Waals surface area contributed by atoms with Crippen molar-refractivity contribution in [1.29, 1.82) is 5.26 Å². The minimum Gasteiger partial charge on any atom is -0.495 e. The van der Waals surface area contributed by atoms with Crippen LogP contribution in [-0.2, 0) is 0 Å². The third-order valence-electron chi connectivity index (χ3n) is 11.2. The lowest BCUT2D eigenvalue weighted by Crippen LogP contribution is -2.74. The van der Waals surface area contributed by atoms with Gasteiger partial charge in [0.05, 0.1) is 18.8 Å². The number of aliphatic hydroxyl groups is 1. The van der Waals surface area contributed by atoms with Gasteiger partial charge in [-0.25, -0.2) is 0 Å². The van der Waals surface area contributed by atoms with Gasteiger partial charge in [-0.15, -0.1) is 0 Å². The molecule has 4 fully saturated rings. The summed E-state index contributed by atoms with van der Waals surface area (Å²) in [6.07, 6.45) is 6.60. The normalized spacial score (nSPS) is 26.2. The molecule has 2 aliphatic carbocycles. The minimum absolute atomic E-state index is 0.0705. The van der Waals surface area contributed by atoms with Gasteiger partial charge in [-0.2, -0.15) is 5.26 Å². The Labute approximate surface area is 262 Å². The van der Waals surface area contributed by atoms with E-state index in [0.29, 0.717) is 34.1 Å². The van der Waals surface area contributed by atoms with Gasteiger partial charge in [0, 0.05) is 59.9 Å². The maximum atomic E-state index is 13.4. The average molecular weight is 601 g/mol. The van der Waals surface area contributed by atoms with E-state index < -0.39 is 0 Å². The van der Waals surface area contributed by atoms with E-state index >= 15 is 0 Å². The summed E-state index contributed by atoms with van der Waals surface area (Å²) in [4.78, 5) is 18.5. The van der Waals surface area contributed by atoms with Crippen LogP contribution >= 0.6 is 0 Å². The van der Waals surface area contributed by atoms with Crippen molar-refractivity contribution in [3.8, 4) is 17.6 Å². The summed E-state index contributed by atoms with van der Waals surface area (Å²) in [6, 6.07) is 15.9. The van der Waals surface area contributed by atoms with Gasteiger partial charge in [-0.1, -0.05) is 27.7 Å². The zero-order valence-corrected chi connectivity index (χ0v) is 26.9. The number of benzene rings is 2. The third-order valence-corrected chi connectivity index (χ3v) is 11.2. The number of carbonyl (C=O) groups excluding carboxylic acids is 1. The molecule has 2 aliphatic heterocycles. The molecule has 4 aliphatic rings. The van der Waals surface area contributed by atoms with Crippen LogP contribution in [0.25, 0.3) is 0 Å². The number of nitrogens with one attached hydrogen (secondary N) is 1. The summed E-state index contributed by atoms with van der Waals surface area (Å²) in [5.74, 6) is 1.07. The fourth-order valence-corrected chi connectivity index (χ4v) is 8.89. The van der Waals surface area contributed by atoms with E-state index in [2.05, 4.69) is 61.0 Å². The molecule has 2 N–H and O–H groups in total. The fourth-order valence-electron chi connectivity index (χ4n) is 8.89. The molecule has 2 aromatic rings. The van der Waals surface area contributed by atoms with Gasteiger partial charge >= 0.3 is 0 Å². The van der Waals surface area contributed by atoms with Gasteiger partial charge in [0.1, 0.15) is 23.7 Å². The lowest BCUT2D eigenvalue weighted by Gasteiger charge is -2.63. The topological polar surface area (TPSA) is 98.1 Å². The number of nitrogens with zero attached hydrogens (tertiary/aromatic N) is 3. The van der Waals surface area contributed by atoms with Crippen molar-refractivity contribution in [1.82, 2.24) is 10.2 Å². The van der Waals surface area contributed by atoms with Crippen LogP contribution in [0.4, 0.5) is 5.69 Å². The van der Waals surface area contributed by atoms with Crippen LogP contribution in [0.5, 0.6) is 11.5 Å². The Bertz CT molecular complexity index is 1380. The van der Waals surface area contributed by atoms with Crippen LogP contribution in [0.3, 0.4) is 0 Å². The second-order valence-electron chi connectivity index (χ2n) is 14.9. The average Bonchev–Trinajstić information content (AvgIpc) is 2.99. The number of hydrogen-bond donors (Lipinski definition) is 2. The predicted molar refractivity (Wildman–Crippen MR) is 171 cm³/mol. The highest BCUT2D eigenvalue weighted by Crippen LogP contribution is 2.55. The Hall–Kier alpha value is -3.28. The summed E-state index contributed by atoms with van der Waals surface area (Å²) in [5, 5.41) is 22.6. The number of nitriles is 1. The Balaban J connectivity index is 1.03. The predicted octanol–water partition coefficient (Wildman–Crippen LogP) is 5.38. The Morgan fingerprint density at radius 1 is 1.02 bits per heavy atom. The van der Waals surface area contributed by atoms with Gasteiger partial charge in [-0.3, -0.25) is 9.69 Å². The third kappa shape index (κ3) is 5.54. The minimum atomic E-state index is -0.308. The zero-order chi connectivity index (χ0) is 31.3. The van der Waals surface area contributed by atoms with Crippen molar-refractivity contribution in [3.63, 3.8) is 0 Å². The summed E-state index contributed by atoms with van der Waals surface area (Å²) in [7, 11) is 1.55. The van der Waals surface area contributed by atoms with E-state index in [1.54, 1.807) is 25.3 Å². The highest BCUT2D eigenvalue weighted by Gasteiger charge is 2.64. The number of amides is 1. The number of methoxy groups -OCH3 is 1. The number of rotatable bonds is 7. The maximum Gasteiger partial charge on any atom is 0.251 e. The molecule has 44 heavy (non-hydrogen) atoms. The van der Waals surface area contributed by atoms with Gasteiger partial charge in [-0.05, 0) is 86.9 Å². The molecule has 2 aromatic carbocycles. The van der Waals surface area contributed by atoms with Crippen LogP contribution in [-0.4, -0.2) is 73.5 Å². The lowest BCUT2D eigenvalue weighted by atomic mass is 9.49. The summed E-state index contributed by atoms with van der Waals surface area (Å²) in [6.45, 7) is 12.9. The van der Waals surface area contributed by atoms with Crippen molar-refractivity contribution in [2.75, 3.05) is 38.2 Å². The summed E-state index contributed by atoms with van der Waals surface area (Å²) < 4.78 is 11.8. The molecule has 0 unspecified atom stereocenters. The van der Waals surface area contributed by atoms with Crippen molar-refractivity contribution in [2.24, 2.45) is 16.2 Å². The van der Waals surface area contributed by atoms with Crippen LogP contribution < -0.4 is 19.7 Å². The van der Waals surface area contributed by atoms with Crippen LogP contribution in [0.15, 0.2) is 42.5 Å². The molecule has 2 heterocycles. The number of aliphatic hydroxyl groups excluding tert-OH is 1. The number of carbonyl (C=O) groups is 1. The number of piperidine rings is 1. The first-order valence-electron chi connectivity index (χ1n) is 16.3. The molecule has 0 atom stereocenters. The SMILES string of the molecule is COc1cc(OC2C(C)(C)C(NC(=O)c3ccc(N4CC(N5CCCC6(CCC(O)CC6)C5)C4)cc3)C2(C)C)ccc1C#N. The lowest BCUT2D eigenvalue weighted by molar-refractivity contribution is -0.164. The van der Waals surface area contributed by atoms with Gasteiger partial charge < -0.3 is 24.8 Å². The number of hydrogen-bond acceptors (Lipinski definition) is 7. The fraction of sp³-hybridized carbons (Fsp3) is 0.611. The van der Waals surface area contributed by atoms with Crippen molar-refractivity contribution in [3.05, 3.63) is 53.6 Å². The first-order valence-corrected chi connectivity index (χ1v) is 16.3. The summed E-state index contributed by atoms with van der Waals surface area (Å²) in [5.41, 5.74) is 2.10. The Morgan fingerprint density at radius 2 is 1.70 bits per heavy atom. The largest absolute Gasteiger partial charge is 0.495 e. The molecule has 2 saturated carbocycles. The van der Waals surface area contributed by atoms with E-state index in [9.17, 15) is 15.2 Å². The molecule has 1 amide bonds.